The predicted molar refractivity (Wildman–Crippen MR) is 256 cm³/mol. The van der Waals surface area contributed by atoms with Crippen LogP contribution in [0.5, 0.6) is 0 Å². The van der Waals surface area contributed by atoms with E-state index in [1.807, 2.05) is 6.08 Å². The van der Waals surface area contributed by atoms with E-state index in [1.165, 1.54) is 173 Å². The van der Waals surface area contributed by atoms with Gasteiger partial charge in [0.05, 0.1) is 0 Å². The maximum Gasteiger partial charge on any atom is 0.306 e. The fourth-order valence-corrected chi connectivity index (χ4v) is 7.43. The summed E-state index contributed by atoms with van der Waals surface area (Å²) < 4.78 is 16.7. The smallest absolute Gasteiger partial charge is 0.306 e. The fourth-order valence-electron chi connectivity index (χ4n) is 7.43. The van der Waals surface area contributed by atoms with Gasteiger partial charge in [0.15, 0.2) is 6.10 Å². The molecule has 0 aliphatic carbocycles. The van der Waals surface area contributed by atoms with Gasteiger partial charge >= 0.3 is 17.9 Å². The summed E-state index contributed by atoms with van der Waals surface area (Å²) >= 11 is 0. The molecule has 6 nitrogen and oxygen atoms in total. The molecule has 0 rings (SSSR count). The molecular formula is C54H98O6. The van der Waals surface area contributed by atoms with Gasteiger partial charge in [0.1, 0.15) is 13.2 Å². The molecule has 0 N–H and O–H groups in total. The van der Waals surface area contributed by atoms with Crippen molar-refractivity contribution in [3.8, 4) is 0 Å². The molecule has 0 aromatic rings. The van der Waals surface area contributed by atoms with Crippen LogP contribution in [0, 0.1) is 0 Å². The number of allylic oxidation sites excluding steroid dienone is 6. The van der Waals surface area contributed by atoms with E-state index in [-0.39, 0.29) is 37.5 Å². The Hall–Kier alpha value is -2.37. The number of hydrogen-bond donors (Lipinski definition) is 0. The minimum atomic E-state index is -0.791. The molecular weight excluding hydrogens is 745 g/mol. The van der Waals surface area contributed by atoms with Gasteiger partial charge < -0.3 is 14.2 Å². The molecule has 0 aliphatic rings. The lowest BCUT2D eigenvalue weighted by Crippen LogP contribution is -2.30. The fraction of sp³-hybridized carbons (Fsp3) is 0.833. The highest BCUT2D eigenvalue weighted by Crippen LogP contribution is 2.15. The first-order valence-corrected chi connectivity index (χ1v) is 26.0. The molecule has 1 unspecified atom stereocenters. The Morgan fingerprint density at radius 1 is 0.333 bits per heavy atom. The Bertz CT molecular complexity index is 1020. The number of rotatable bonds is 47. The number of carbonyl (C=O) groups excluding carboxylic acids is 3. The summed E-state index contributed by atoms with van der Waals surface area (Å²) in [5, 5.41) is 0. The van der Waals surface area contributed by atoms with Crippen LogP contribution >= 0.6 is 0 Å². The third kappa shape index (κ3) is 46.7. The van der Waals surface area contributed by atoms with Crippen molar-refractivity contribution in [3.05, 3.63) is 36.5 Å². The molecule has 6 heteroatoms. The van der Waals surface area contributed by atoms with E-state index in [0.717, 1.165) is 51.4 Å². The first-order chi connectivity index (χ1) is 29.5. The van der Waals surface area contributed by atoms with Crippen LogP contribution in [-0.4, -0.2) is 37.2 Å². The van der Waals surface area contributed by atoms with Gasteiger partial charge in [-0.05, 0) is 64.2 Å². The van der Waals surface area contributed by atoms with Crippen molar-refractivity contribution in [2.45, 2.75) is 277 Å². The highest BCUT2D eigenvalue weighted by molar-refractivity contribution is 5.71. The average molecular weight is 843 g/mol. The average Bonchev–Trinajstić information content (AvgIpc) is 3.24. The van der Waals surface area contributed by atoms with Gasteiger partial charge in [-0.2, -0.15) is 0 Å². The lowest BCUT2D eigenvalue weighted by atomic mass is 10.0. The molecule has 0 bridgehead atoms. The molecule has 350 valence electrons. The summed E-state index contributed by atoms with van der Waals surface area (Å²) in [7, 11) is 0. The van der Waals surface area contributed by atoms with E-state index in [1.54, 1.807) is 0 Å². The zero-order valence-corrected chi connectivity index (χ0v) is 40.0. The molecule has 0 saturated heterocycles. The monoisotopic (exact) mass is 843 g/mol. The lowest BCUT2D eigenvalue weighted by molar-refractivity contribution is -0.166. The van der Waals surface area contributed by atoms with Crippen molar-refractivity contribution in [3.63, 3.8) is 0 Å². The Kier molecular flexibility index (Phi) is 47.3. The molecule has 60 heavy (non-hydrogen) atoms. The van der Waals surface area contributed by atoms with E-state index < -0.39 is 6.10 Å². The van der Waals surface area contributed by atoms with Gasteiger partial charge in [-0.15, -0.1) is 0 Å². The van der Waals surface area contributed by atoms with Crippen LogP contribution < -0.4 is 0 Å². The van der Waals surface area contributed by atoms with Crippen molar-refractivity contribution in [1.29, 1.82) is 0 Å². The summed E-state index contributed by atoms with van der Waals surface area (Å²) in [6.07, 6.45) is 57.1. The molecule has 1 atom stereocenters. The van der Waals surface area contributed by atoms with Gasteiger partial charge in [0, 0.05) is 19.3 Å². The number of unbranched alkanes of at least 4 members (excludes halogenated alkanes) is 30. The van der Waals surface area contributed by atoms with Crippen molar-refractivity contribution in [2.75, 3.05) is 13.2 Å². The van der Waals surface area contributed by atoms with Gasteiger partial charge in [0.2, 0.25) is 0 Å². The molecule has 0 aliphatic heterocycles. The second-order valence-electron chi connectivity index (χ2n) is 17.4. The Morgan fingerprint density at radius 2 is 0.633 bits per heavy atom. The SMILES string of the molecule is CCCCCC/C=C\CCCCCCCCCC(=O)OCC(COC(=O)CC/C=C\C/C=C\CCCCCCCC)OC(=O)CCCCCCCCCCCCCCCC. The van der Waals surface area contributed by atoms with Crippen LogP contribution in [0.15, 0.2) is 36.5 Å². The van der Waals surface area contributed by atoms with Crippen LogP contribution in [0.1, 0.15) is 271 Å². The highest BCUT2D eigenvalue weighted by Gasteiger charge is 2.19. The summed E-state index contributed by atoms with van der Waals surface area (Å²) in [5.41, 5.74) is 0. The Labute approximate surface area is 372 Å². The Balaban J connectivity index is 4.41. The molecule has 0 aromatic heterocycles. The van der Waals surface area contributed by atoms with Crippen molar-refractivity contribution < 1.29 is 28.6 Å². The van der Waals surface area contributed by atoms with Crippen molar-refractivity contribution in [2.24, 2.45) is 0 Å². The number of ether oxygens (including phenoxy) is 3. The first kappa shape index (κ1) is 57.6. The topological polar surface area (TPSA) is 78.9 Å². The molecule has 0 saturated carbocycles. The molecule has 0 radical (unpaired) electrons. The zero-order valence-electron chi connectivity index (χ0n) is 40.0. The van der Waals surface area contributed by atoms with Gasteiger partial charge in [0.25, 0.3) is 0 Å². The Morgan fingerprint density at radius 3 is 1.05 bits per heavy atom. The van der Waals surface area contributed by atoms with E-state index in [4.69, 9.17) is 14.2 Å². The lowest BCUT2D eigenvalue weighted by Gasteiger charge is -2.18. The second kappa shape index (κ2) is 49.3. The van der Waals surface area contributed by atoms with Crippen molar-refractivity contribution in [1.82, 2.24) is 0 Å². The van der Waals surface area contributed by atoms with Gasteiger partial charge in [-0.25, -0.2) is 0 Å². The number of carbonyl (C=O) groups is 3. The predicted octanol–water partition coefficient (Wildman–Crippen LogP) is 16.9. The van der Waals surface area contributed by atoms with Crippen LogP contribution in [-0.2, 0) is 28.6 Å². The van der Waals surface area contributed by atoms with E-state index >= 15 is 0 Å². The second-order valence-corrected chi connectivity index (χ2v) is 17.4. The maximum atomic E-state index is 12.8. The van der Waals surface area contributed by atoms with E-state index in [9.17, 15) is 14.4 Å². The standard InChI is InChI=1S/C54H98O6/c1-4-7-10-13-16-19-22-25-27-30-32-35-38-41-44-47-53(56)59-50-51(49-58-52(55)46-43-40-37-34-31-28-24-21-18-15-12-9-6-3)60-54(57)48-45-42-39-36-33-29-26-23-20-17-14-11-8-5-2/h19,22,28,31,37,40,51H,4-18,20-21,23-27,29-30,32-36,38-39,41-50H2,1-3H3/b22-19-,31-28-,40-37-. The number of esters is 3. The van der Waals surface area contributed by atoms with Gasteiger partial charge in [-0.3, -0.25) is 14.4 Å². The number of hydrogen-bond acceptors (Lipinski definition) is 6. The molecule has 0 amide bonds. The summed E-state index contributed by atoms with van der Waals surface area (Å²) in [6, 6.07) is 0. The molecule has 0 aromatic carbocycles. The zero-order chi connectivity index (χ0) is 43.7. The quantitative estimate of drug-likeness (QED) is 0.0263. The largest absolute Gasteiger partial charge is 0.462 e. The van der Waals surface area contributed by atoms with Gasteiger partial charge in [-0.1, -0.05) is 224 Å². The summed E-state index contributed by atoms with van der Waals surface area (Å²) in [6.45, 7) is 6.58. The summed E-state index contributed by atoms with van der Waals surface area (Å²) in [4.78, 5) is 37.9. The first-order valence-electron chi connectivity index (χ1n) is 26.0. The van der Waals surface area contributed by atoms with Crippen LogP contribution in [0.2, 0.25) is 0 Å². The third-order valence-corrected chi connectivity index (χ3v) is 11.4. The van der Waals surface area contributed by atoms with Crippen LogP contribution in [0.3, 0.4) is 0 Å². The molecule has 0 spiro atoms. The van der Waals surface area contributed by atoms with Crippen molar-refractivity contribution >= 4 is 17.9 Å². The minimum absolute atomic E-state index is 0.0885. The molecule has 0 fully saturated rings. The van der Waals surface area contributed by atoms with E-state index in [2.05, 4.69) is 51.2 Å². The normalized spacial score (nSPS) is 12.2. The summed E-state index contributed by atoms with van der Waals surface area (Å²) in [5.74, 6) is -0.953. The van der Waals surface area contributed by atoms with E-state index in [0.29, 0.717) is 19.3 Å². The molecule has 0 heterocycles. The van der Waals surface area contributed by atoms with Crippen LogP contribution in [0.4, 0.5) is 0 Å². The minimum Gasteiger partial charge on any atom is -0.462 e. The highest BCUT2D eigenvalue weighted by atomic mass is 16.6. The third-order valence-electron chi connectivity index (χ3n) is 11.4. The van der Waals surface area contributed by atoms with Crippen LogP contribution in [0.25, 0.3) is 0 Å². The maximum absolute atomic E-state index is 12.8.